The maximum absolute atomic E-state index is 4.58. The molecule has 8 nitrogen and oxygen atoms in total. The highest BCUT2D eigenvalue weighted by atomic mass is 32.2. The Bertz CT molecular complexity index is 570. The van der Waals surface area contributed by atoms with E-state index in [-0.39, 0.29) is 0 Å². The van der Waals surface area contributed by atoms with E-state index in [1.807, 2.05) is 11.6 Å². The fourth-order valence-electron chi connectivity index (χ4n) is 2.03. The first-order valence-electron chi connectivity index (χ1n) is 7.96. The van der Waals surface area contributed by atoms with Crippen molar-refractivity contribution in [2.24, 2.45) is 0 Å². The molecule has 9 heteroatoms. The van der Waals surface area contributed by atoms with Crippen molar-refractivity contribution in [1.29, 1.82) is 0 Å². The first kappa shape index (κ1) is 17.5. The number of hydrogen-bond acceptors (Lipinski definition) is 8. The monoisotopic (exact) mass is 336 g/mol. The molecular formula is C14H24N8S. The average Bonchev–Trinajstić information content (AvgIpc) is 3.06. The number of aromatic nitrogens is 6. The van der Waals surface area contributed by atoms with Crippen LogP contribution in [0.3, 0.4) is 0 Å². The van der Waals surface area contributed by atoms with Gasteiger partial charge in [0.05, 0.1) is 0 Å². The summed E-state index contributed by atoms with van der Waals surface area (Å²) < 4.78 is 1.83. The SMILES string of the molecule is CCNc1nc(SCCCn2cncn2)nc(N(CC)CC)n1. The Hall–Kier alpha value is -1.90. The number of thioether (sulfide) groups is 1. The van der Waals surface area contributed by atoms with E-state index in [4.69, 9.17) is 0 Å². The third-order valence-electron chi connectivity index (χ3n) is 3.21. The van der Waals surface area contributed by atoms with Gasteiger partial charge in [0.1, 0.15) is 12.7 Å². The van der Waals surface area contributed by atoms with Crippen LogP contribution in [0.2, 0.25) is 0 Å². The summed E-state index contributed by atoms with van der Waals surface area (Å²) in [5.41, 5.74) is 0. The van der Waals surface area contributed by atoms with Crippen molar-refractivity contribution in [3.8, 4) is 0 Å². The lowest BCUT2D eigenvalue weighted by Crippen LogP contribution is -2.25. The average molecular weight is 336 g/mol. The van der Waals surface area contributed by atoms with E-state index < -0.39 is 0 Å². The summed E-state index contributed by atoms with van der Waals surface area (Å²) in [6.45, 7) is 9.63. The zero-order chi connectivity index (χ0) is 16.5. The minimum absolute atomic E-state index is 0.642. The van der Waals surface area contributed by atoms with Gasteiger partial charge >= 0.3 is 0 Å². The molecule has 2 rings (SSSR count). The van der Waals surface area contributed by atoms with Crippen LogP contribution in [0.25, 0.3) is 0 Å². The maximum atomic E-state index is 4.58. The molecule has 0 atom stereocenters. The Morgan fingerprint density at radius 1 is 1.17 bits per heavy atom. The van der Waals surface area contributed by atoms with Crippen molar-refractivity contribution in [3.05, 3.63) is 12.7 Å². The van der Waals surface area contributed by atoms with E-state index in [0.29, 0.717) is 5.95 Å². The molecule has 0 fully saturated rings. The van der Waals surface area contributed by atoms with Crippen molar-refractivity contribution >= 4 is 23.7 Å². The number of nitrogens with zero attached hydrogens (tertiary/aromatic N) is 7. The summed E-state index contributed by atoms with van der Waals surface area (Å²) in [6.07, 6.45) is 4.27. The Kier molecular flexibility index (Phi) is 7.05. The van der Waals surface area contributed by atoms with E-state index in [0.717, 1.165) is 49.5 Å². The van der Waals surface area contributed by atoms with Crippen molar-refractivity contribution in [3.63, 3.8) is 0 Å². The van der Waals surface area contributed by atoms with Crippen LogP contribution in [0.1, 0.15) is 27.2 Å². The highest BCUT2D eigenvalue weighted by molar-refractivity contribution is 7.99. The molecular weight excluding hydrogens is 312 g/mol. The third kappa shape index (κ3) is 5.34. The predicted molar refractivity (Wildman–Crippen MR) is 92.9 cm³/mol. The smallest absolute Gasteiger partial charge is 0.231 e. The largest absolute Gasteiger partial charge is 0.354 e. The Morgan fingerprint density at radius 2 is 2.00 bits per heavy atom. The van der Waals surface area contributed by atoms with Crippen LogP contribution < -0.4 is 10.2 Å². The molecule has 0 aromatic carbocycles. The van der Waals surface area contributed by atoms with Crippen molar-refractivity contribution < 1.29 is 0 Å². The molecule has 0 amide bonds. The summed E-state index contributed by atoms with van der Waals surface area (Å²) in [5.74, 6) is 2.30. The number of hydrogen-bond donors (Lipinski definition) is 1. The standard InChI is InChI=1S/C14H24N8S/c1-4-16-12-18-13(21(5-2)6-3)20-14(19-12)23-9-7-8-22-11-15-10-17-22/h10-11H,4-9H2,1-3H3,(H,16,18,19,20). The summed E-state index contributed by atoms with van der Waals surface area (Å²) in [5, 5.41) is 8.04. The first-order chi connectivity index (χ1) is 11.3. The second-order valence-corrected chi connectivity index (χ2v) is 5.87. The topological polar surface area (TPSA) is 84.7 Å². The van der Waals surface area contributed by atoms with Gasteiger partial charge in [-0.15, -0.1) is 0 Å². The molecule has 0 spiro atoms. The van der Waals surface area contributed by atoms with Gasteiger partial charge < -0.3 is 10.2 Å². The quantitative estimate of drug-likeness (QED) is 0.520. The fourth-order valence-corrected chi connectivity index (χ4v) is 2.79. The normalized spacial score (nSPS) is 10.7. The zero-order valence-electron chi connectivity index (χ0n) is 13.9. The highest BCUT2D eigenvalue weighted by Crippen LogP contribution is 2.19. The number of nitrogens with one attached hydrogen (secondary N) is 1. The summed E-state index contributed by atoms with van der Waals surface area (Å²) >= 11 is 1.64. The van der Waals surface area contributed by atoms with Crippen LogP contribution in [0.5, 0.6) is 0 Å². The van der Waals surface area contributed by atoms with Crippen LogP contribution in [0.4, 0.5) is 11.9 Å². The number of anilines is 2. The molecule has 0 bridgehead atoms. The molecule has 2 heterocycles. The van der Waals surface area contributed by atoms with E-state index in [1.165, 1.54) is 0 Å². The van der Waals surface area contributed by atoms with Gasteiger partial charge in [-0.25, -0.2) is 4.98 Å². The summed E-state index contributed by atoms with van der Waals surface area (Å²) in [7, 11) is 0. The van der Waals surface area contributed by atoms with Crippen LogP contribution in [-0.2, 0) is 6.54 Å². The summed E-state index contributed by atoms with van der Waals surface area (Å²) in [6, 6.07) is 0. The highest BCUT2D eigenvalue weighted by Gasteiger charge is 2.11. The van der Waals surface area contributed by atoms with Crippen LogP contribution in [-0.4, -0.2) is 55.1 Å². The van der Waals surface area contributed by atoms with Gasteiger partial charge in [0.15, 0.2) is 5.16 Å². The van der Waals surface area contributed by atoms with Crippen LogP contribution in [0, 0.1) is 0 Å². The lowest BCUT2D eigenvalue weighted by atomic mass is 10.5. The fraction of sp³-hybridized carbons (Fsp3) is 0.643. The van der Waals surface area contributed by atoms with E-state index in [1.54, 1.807) is 24.4 Å². The molecule has 0 saturated heterocycles. The molecule has 0 unspecified atom stereocenters. The van der Waals surface area contributed by atoms with Gasteiger partial charge in [-0.3, -0.25) is 4.68 Å². The molecule has 1 N–H and O–H groups in total. The molecule has 0 aliphatic carbocycles. The molecule has 0 aliphatic heterocycles. The Morgan fingerprint density at radius 3 is 2.65 bits per heavy atom. The van der Waals surface area contributed by atoms with E-state index in [2.05, 4.69) is 49.1 Å². The first-order valence-corrected chi connectivity index (χ1v) is 8.95. The number of rotatable bonds is 10. The van der Waals surface area contributed by atoms with E-state index in [9.17, 15) is 0 Å². The van der Waals surface area contributed by atoms with Crippen molar-refractivity contribution in [1.82, 2.24) is 29.7 Å². The van der Waals surface area contributed by atoms with Gasteiger partial charge in [-0.05, 0) is 27.2 Å². The van der Waals surface area contributed by atoms with Crippen LogP contribution in [0.15, 0.2) is 17.8 Å². The number of aryl methyl sites for hydroxylation is 1. The molecule has 0 aliphatic rings. The Balaban J connectivity index is 1.98. The van der Waals surface area contributed by atoms with Gasteiger partial charge in [0.2, 0.25) is 11.9 Å². The lowest BCUT2D eigenvalue weighted by Gasteiger charge is -2.19. The molecule has 2 aromatic rings. The minimum Gasteiger partial charge on any atom is -0.354 e. The molecule has 2 aromatic heterocycles. The Labute approximate surface area is 141 Å². The van der Waals surface area contributed by atoms with Crippen molar-refractivity contribution in [2.45, 2.75) is 38.9 Å². The van der Waals surface area contributed by atoms with Crippen LogP contribution >= 0.6 is 11.8 Å². The zero-order valence-corrected chi connectivity index (χ0v) is 14.8. The van der Waals surface area contributed by atoms with E-state index >= 15 is 0 Å². The molecule has 23 heavy (non-hydrogen) atoms. The van der Waals surface area contributed by atoms with Gasteiger partial charge in [0, 0.05) is 31.9 Å². The molecule has 0 radical (unpaired) electrons. The summed E-state index contributed by atoms with van der Waals surface area (Å²) in [4.78, 5) is 19.6. The lowest BCUT2D eigenvalue weighted by molar-refractivity contribution is 0.604. The van der Waals surface area contributed by atoms with Gasteiger partial charge in [-0.1, -0.05) is 11.8 Å². The second-order valence-electron chi connectivity index (χ2n) is 4.80. The minimum atomic E-state index is 0.642. The molecule has 126 valence electrons. The second kappa shape index (κ2) is 9.29. The maximum Gasteiger partial charge on any atom is 0.231 e. The molecule has 0 saturated carbocycles. The predicted octanol–water partition coefficient (Wildman–Crippen LogP) is 1.92. The van der Waals surface area contributed by atoms with Gasteiger partial charge in [0.25, 0.3) is 0 Å². The van der Waals surface area contributed by atoms with Gasteiger partial charge in [-0.2, -0.15) is 20.1 Å². The third-order valence-corrected chi connectivity index (χ3v) is 4.15. The van der Waals surface area contributed by atoms with Crippen molar-refractivity contribution in [2.75, 3.05) is 35.6 Å².